The van der Waals surface area contributed by atoms with Crippen LogP contribution in [0.5, 0.6) is 0 Å². The van der Waals surface area contributed by atoms with Crippen LogP contribution in [0.1, 0.15) is 32.1 Å². The zero-order chi connectivity index (χ0) is 18.6. The van der Waals surface area contributed by atoms with Crippen molar-refractivity contribution in [3.8, 4) is 0 Å². The van der Waals surface area contributed by atoms with E-state index in [-0.39, 0.29) is 0 Å². The van der Waals surface area contributed by atoms with E-state index in [1.165, 1.54) is 68.6 Å². The summed E-state index contributed by atoms with van der Waals surface area (Å²) in [6.07, 6.45) is 8.91. The third kappa shape index (κ3) is 3.07. The van der Waals surface area contributed by atoms with Crippen molar-refractivity contribution in [2.75, 3.05) is 39.4 Å². The fraction of sp³-hybridized carbons (Fsp3) is 0.609. The summed E-state index contributed by atoms with van der Waals surface area (Å²) in [4.78, 5) is 8.59. The number of ether oxygens (including phenoxy) is 1. The lowest BCUT2D eigenvalue weighted by Gasteiger charge is -2.57. The van der Waals surface area contributed by atoms with Gasteiger partial charge >= 0.3 is 0 Å². The number of nitrogens with zero attached hydrogens (tertiary/aromatic N) is 3. The Balaban J connectivity index is 1.04. The fourth-order valence-electron chi connectivity index (χ4n) is 5.89. The summed E-state index contributed by atoms with van der Waals surface area (Å²) in [6, 6.07) is 11.7. The van der Waals surface area contributed by atoms with Crippen LogP contribution in [0.25, 0.3) is 10.9 Å². The Morgan fingerprint density at radius 2 is 1.89 bits per heavy atom. The van der Waals surface area contributed by atoms with Crippen LogP contribution < -0.4 is 0 Å². The van der Waals surface area contributed by atoms with Crippen molar-refractivity contribution in [2.24, 2.45) is 10.8 Å². The maximum atomic E-state index is 5.45. The number of piperidine rings is 1. The van der Waals surface area contributed by atoms with Gasteiger partial charge < -0.3 is 4.74 Å². The van der Waals surface area contributed by atoms with Crippen molar-refractivity contribution >= 4 is 22.9 Å². The molecule has 4 heterocycles. The molecule has 4 nitrogen and oxygen atoms in total. The standard InChI is InChI=1S/C23H29N3OS/c1-2-18-3-4-20(12-21(18)24-9-1)28-26-10-7-22(8-11-26)6-5-19(13-22)25-14-23(15-25)16-27-17-23/h1-4,9,12,19H,5-8,10-11,13-17H2. The molecule has 3 aliphatic heterocycles. The minimum Gasteiger partial charge on any atom is -0.380 e. The van der Waals surface area contributed by atoms with Gasteiger partial charge in [-0.15, -0.1) is 0 Å². The largest absolute Gasteiger partial charge is 0.380 e. The number of pyridine rings is 1. The first-order chi connectivity index (χ1) is 13.7. The van der Waals surface area contributed by atoms with Crippen LogP contribution in [0.4, 0.5) is 0 Å². The molecule has 0 radical (unpaired) electrons. The van der Waals surface area contributed by atoms with E-state index in [4.69, 9.17) is 4.74 Å². The summed E-state index contributed by atoms with van der Waals surface area (Å²) in [6.45, 7) is 7.05. The molecule has 1 aromatic heterocycles. The highest BCUT2D eigenvalue weighted by atomic mass is 32.2. The molecule has 4 aliphatic rings. The summed E-state index contributed by atoms with van der Waals surface area (Å²) in [5.41, 5.74) is 2.28. The average Bonchev–Trinajstić information content (AvgIpc) is 3.05. The third-order valence-electron chi connectivity index (χ3n) is 7.68. The van der Waals surface area contributed by atoms with Crippen LogP contribution in [0.15, 0.2) is 41.4 Å². The second kappa shape index (κ2) is 6.69. The van der Waals surface area contributed by atoms with E-state index < -0.39 is 0 Å². The van der Waals surface area contributed by atoms with Crippen LogP contribution in [-0.4, -0.2) is 59.6 Å². The lowest BCUT2D eigenvalue weighted by atomic mass is 9.75. The zero-order valence-electron chi connectivity index (χ0n) is 16.5. The van der Waals surface area contributed by atoms with Gasteiger partial charge in [0.05, 0.1) is 18.7 Å². The summed E-state index contributed by atoms with van der Waals surface area (Å²) in [7, 11) is 0. The number of benzene rings is 1. The van der Waals surface area contributed by atoms with E-state index in [9.17, 15) is 0 Å². The van der Waals surface area contributed by atoms with Crippen molar-refractivity contribution in [2.45, 2.75) is 43.0 Å². The van der Waals surface area contributed by atoms with Crippen LogP contribution in [0.3, 0.4) is 0 Å². The summed E-state index contributed by atoms with van der Waals surface area (Å²) in [5, 5.41) is 1.22. The van der Waals surface area contributed by atoms with Crippen molar-refractivity contribution < 1.29 is 4.74 Å². The highest BCUT2D eigenvalue weighted by Gasteiger charge is 2.53. The molecule has 1 atom stereocenters. The number of fused-ring (bicyclic) bond motifs is 1. The molecule has 148 valence electrons. The quantitative estimate of drug-likeness (QED) is 0.726. The minimum atomic E-state index is 0.560. The molecule has 5 heteroatoms. The topological polar surface area (TPSA) is 28.6 Å². The lowest BCUT2D eigenvalue weighted by Crippen LogP contribution is -2.67. The third-order valence-corrected chi connectivity index (χ3v) is 8.77. The maximum Gasteiger partial charge on any atom is 0.0713 e. The van der Waals surface area contributed by atoms with Crippen molar-refractivity contribution in [1.29, 1.82) is 0 Å². The van der Waals surface area contributed by atoms with Gasteiger partial charge in [0.15, 0.2) is 0 Å². The van der Waals surface area contributed by atoms with Crippen molar-refractivity contribution in [3.05, 3.63) is 36.5 Å². The molecular weight excluding hydrogens is 366 g/mol. The van der Waals surface area contributed by atoms with E-state index in [2.05, 4.69) is 38.5 Å². The molecule has 3 saturated heterocycles. The number of hydrogen-bond acceptors (Lipinski definition) is 5. The monoisotopic (exact) mass is 395 g/mol. The van der Waals surface area contributed by atoms with Crippen molar-refractivity contribution in [1.82, 2.24) is 14.2 Å². The van der Waals surface area contributed by atoms with E-state index in [1.807, 2.05) is 24.2 Å². The predicted molar refractivity (Wildman–Crippen MR) is 113 cm³/mol. The molecule has 1 saturated carbocycles. The highest BCUT2D eigenvalue weighted by Crippen LogP contribution is 2.51. The fourth-order valence-corrected chi connectivity index (χ4v) is 6.85. The van der Waals surface area contributed by atoms with Gasteiger partial charge in [0.2, 0.25) is 0 Å². The smallest absolute Gasteiger partial charge is 0.0713 e. The van der Waals surface area contributed by atoms with Crippen LogP contribution in [0.2, 0.25) is 0 Å². The normalized spacial score (nSPS) is 29.2. The van der Waals surface area contributed by atoms with Crippen LogP contribution >= 0.6 is 11.9 Å². The Labute approximate surface area is 171 Å². The number of rotatable bonds is 3. The molecule has 2 aromatic rings. The van der Waals surface area contributed by atoms with Gasteiger partial charge in [-0.1, -0.05) is 12.1 Å². The van der Waals surface area contributed by atoms with E-state index in [0.29, 0.717) is 10.8 Å². The molecule has 1 unspecified atom stereocenters. The van der Waals surface area contributed by atoms with Gasteiger partial charge in [0, 0.05) is 54.1 Å². The molecule has 28 heavy (non-hydrogen) atoms. The molecule has 0 amide bonds. The molecule has 1 aliphatic carbocycles. The number of aromatic nitrogens is 1. The van der Waals surface area contributed by atoms with Gasteiger partial charge in [-0.2, -0.15) is 0 Å². The van der Waals surface area contributed by atoms with Crippen LogP contribution in [-0.2, 0) is 4.74 Å². The SMILES string of the molecule is c1cnc2cc(SN3CCC4(CCC(N5CC6(COC6)C5)C4)CC3)ccc2c1. The molecule has 6 rings (SSSR count). The lowest BCUT2D eigenvalue weighted by molar-refractivity contribution is -0.198. The molecule has 0 N–H and O–H groups in total. The second-order valence-electron chi connectivity index (χ2n) is 9.67. The van der Waals surface area contributed by atoms with Gasteiger partial charge in [-0.25, -0.2) is 4.31 Å². The Hall–Kier alpha value is -1.14. The van der Waals surface area contributed by atoms with Gasteiger partial charge in [-0.05, 0) is 67.7 Å². The number of likely N-dealkylation sites (tertiary alicyclic amines) is 1. The summed E-state index contributed by atoms with van der Waals surface area (Å²) in [5.74, 6) is 0. The first kappa shape index (κ1) is 17.7. The molecule has 2 spiro atoms. The number of hydrogen-bond donors (Lipinski definition) is 0. The molecule has 4 fully saturated rings. The Kier molecular flexibility index (Phi) is 4.23. The molecule has 0 bridgehead atoms. The van der Waals surface area contributed by atoms with Crippen LogP contribution in [0, 0.1) is 10.8 Å². The summed E-state index contributed by atoms with van der Waals surface area (Å²) >= 11 is 1.92. The first-order valence-corrected chi connectivity index (χ1v) is 11.6. The van der Waals surface area contributed by atoms with Gasteiger partial charge in [-0.3, -0.25) is 9.88 Å². The maximum absolute atomic E-state index is 5.45. The predicted octanol–water partition coefficient (Wildman–Crippen LogP) is 4.21. The van der Waals surface area contributed by atoms with E-state index in [1.54, 1.807) is 0 Å². The zero-order valence-corrected chi connectivity index (χ0v) is 17.3. The Morgan fingerprint density at radius 3 is 2.68 bits per heavy atom. The Bertz CT molecular complexity index is 867. The molecular formula is C23H29N3OS. The average molecular weight is 396 g/mol. The Morgan fingerprint density at radius 1 is 1.04 bits per heavy atom. The van der Waals surface area contributed by atoms with E-state index >= 15 is 0 Å². The summed E-state index contributed by atoms with van der Waals surface area (Å²) < 4.78 is 8.02. The highest BCUT2D eigenvalue weighted by molar-refractivity contribution is 7.97. The van der Waals surface area contributed by atoms with Crippen molar-refractivity contribution in [3.63, 3.8) is 0 Å². The first-order valence-electron chi connectivity index (χ1n) is 10.8. The van der Waals surface area contributed by atoms with E-state index in [0.717, 1.165) is 24.8 Å². The second-order valence-corrected chi connectivity index (χ2v) is 10.8. The van der Waals surface area contributed by atoms with Gasteiger partial charge in [0.25, 0.3) is 0 Å². The minimum absolute atomic E-state index is 0.560. The molecule has 1 aromatic carbocycles. The van der Waals surface area contributed by atoms with Gasteiger partial charge in [0.1, 0.15) is 0 Å².